The van der Waals surface area contributed by atoms with Crippen LogP contribution in [0.1, 0.15) is 0 Å². The molecular formula is C48H28O2. The summed E-state index contributed by atoms with van der Waals surface area (Å²) < 4.78 is 13.1. The zero-order valence-corrected chi connectivity index (χ0v) is 27.0. The SMILES string of the molecule is c1ccc(-c2c3ccccc3c(-c3cc(-c4ccc5oc6ccccc6c5c4)cc4oc5c6ccccc6ccc5c34)c3ccccc23)cc1. The highest BCUT2D eigenvalue weighted by atomic mass is 16.3. The lowest BCUT2D eigenvalue weighted by atomic mass is 9.84. The van der Waals surface area contributed by atoms with Crippen LogP contribution in [0.2, 0.25) is 0 Å². The van der Waals surface area contributed by atoms with Crippen LogP contribution in [0, 0.1) is 0 Å². The van der Waals surface area contributed by atoms with Crippen molar-refractivity contribution in [2.75, 3.05) is 0 Å². The lowest BCUT2D eigenvalue weighted by Gasteiger charge is -2.19. The molecule has 0 aliphatic carbocycles. The molecule has 0 aliphatic rings. The predicted molar refractivity (Wildman–Crippen MR) is 210 cm³/mol. The Labute approximate surface area is 287 Å². The summed E-state index contributed by atoms with van der Waals surface area (Å²) in [7, 11) is 0. The van der Waals surface area contributed by atoms with Gasteiger partial charge in [0.05, 0.1) is 0 Å². The van der Waals surface area contributed by atoms with Crippen molar-refractivity contribution in [3.8, 4) is 33.4 Å². The molecule has 0 fully saturated rings. The maximum absolute atomic E-state index is 6.93. The van der Waals surface area contributed by atoms with Crippen molar-refractivity contribution in [1.29, 1.82) is 0 Å². The second-order valence-electron chi connectivity index (χ2n) is 13.2. The Bertz CT molecular complexity index is 3080. The minimum atomic E-state index is 0.876. The molecule has 0 unspecified atom stereocenters. The third kappa shape index (κ3) is 3.90. The Kier molecular flexibility index (Phi) is 5.70. The number of hydrogen-bond donors (Lipinski definition) is 0. The maximum atomic E-state index is 6.93. The third-order valence-electron chi connectivity index (χ3n) is 10.4. The first-order valence-electron chi connectivity index (χ1n) is 17.1. The molecule has 0 aliphatic heterocycles. The highest BCUT2D eigenvalue weighted by molar-refractivity contribution is 6.27. The van der Waals surface area contributed by atoms with Gasteiger partial charge in [-0.2, -0.15) is 0 Å². The van der Waals surface area contributed by atoms with Gasteiger partial charge in [-0.1, -0.05) is 133 Å². The molecule has 0 saturated carbocycles. The van der Waals surface area contributed by atoms with E-state index in [9.17, 15) is 0 Å². The van der Waals surface area contributed by atoms with Gasteiger partial charge in [0, 0.05) is 26.9 Å². The number of rotatable bonds is 3. The zero-order chi connectivity index (χ0) is 32.8. The van der Waals surface area contributed by atoms with E-state index in [0.717, 1.165) is 66.0 Å². The third-order valence-corrected chi connectivity index (χ3v) is 10.4. The first kappa shape index (κ1) is 27.3. The van der Waals surface area contributed by atoms with Crippen molar-refractivity contribution in [3.05, 3.63) is 170 Å². The van der Waals surface area contributed by atoms with Crippen LogP contribution in [0.4, 0.5) is 0 Å². The number of hydrogen-bond acceptors (Lipinski definition) is 2. The van der Waals surface area contributed by atoms with Crippen LogP contribution in [0.5, 0.6) is 0 Å². The summed E-state index contributed by atoms with van der Waals surface area (Å²) in [4.78, 5) is 0. The molecule has 50 heavy (non-hydrogen) atoms. The van der Waals surface area contributed by atoms with Crippen molar-refractivity contribution < 1.29 is 8.83 Å². The normalized spacial score (nSPS) is 12.0. The van der Waals surface area contributed by atoms with E-state index in [0.29, 0.717) is 0 Å². The van der Waals surface area contributed by atoms with Crippen LogP contribution >= 0.6 is 0 Å². The molecule has 0 atom stereocenters. The van der Waals surface area contributed by atoms with Gasteiger partial charge in [0.1, 0.15) is 22.3 Å². The average Bonchev–Trinajstić information content (AvgIpc) is 3.75. The summed E-state index contributed by atoms with van der Waals surface area (Å²) in [6.45, 7) is 0. The Balaban J connectivity index is 1.30. The summed E-state index contributed by atoms with van der Waals surface area (Å²) in [5, 5.41) is 11.7. The molecule has 0 N–H and O–H groups in total. The van der Waals surface area contributed by atoms with E-state index in [1.165, 1.54) is 43.6 Å². The fraction of sp³-hybridized carbons (Fsp3) is 0. The van der Waals surface area contributed by atoms with Gasteiger partial charge in [0.25, 0.3) is 0 Å². The summed E-state index contributed by atoms with van der Waals surface area (Å²) in [6, 6.07) is 60.9. The molecular weight excluding hydrogens is 609 g/mol. The summed E-state index contributed by atoms with van der Waals surface area (Å²) in [5.41, 5.74) is 10.7. The molecule has 11 aromatic rings. The molecule has 2 nitrogen and oxygen atoms in total. The van der Waals surface area contributed by atoms with Gasteiger partial charge in [0.2, 0.25) is 0 Å². The van der Waals surface area contributed by atoms with E-state index in [4.69, 9.17) is 8.83 Å². The number of fused-ring (bicyclic) bond motifs is 10. The van der Waals surface area contributed by atoms with Crippen molar-refractivity contribution >= 4 is 76.2 Å². The summed E-state index contributed by atoms with van der Waals surface area (Å²) in [6.07, 6.45) is 0. The van der Waals surface area contributed by atoms with Gasteiger partial charge in [-0.3, -0.25) is 0 Å². The van der Waals surface area contributed by atoms with E-state index in [1.807, 2.05) is 12.1 Å². The standard InChI is InChI=1S/C48H28O2/c1-2-13-30(14-3-1)45-35-17-6-8-19-37(35)46(38-20-9-7-18-36(38)45)41-27-32(31-23-25-43-40(26-31)34-16-10-11-21-42(34)49-43)28-44-47(41)39-24-22-29-12-4-5-15-33(29)48(39)50-44/h1-28H. The van der Waals surface area contributed by atoms with Gasteiger partial charge in [-0.25, -0.2) is 0 Å². The van der Waals surface area contributed by atoms with Gasteiger partial charge >= 0.3 is 0 Å². The molecule has 0 radical (unpaired) electrons. The smallest absolute Gasteiger partial charge is 0.143 e. The fourth-order valence-corrected chi connectivity index (χ4v) is 8.24. The van der Waals surface area contributed by atoms with Crippen molar-refractivity contribution in [1.82, 2.24) is 0 Å². The Morgan fingerprint density at radius 1 is 0.300 bits per heavy atom. The molecule has 2 heterocycles. The van der Waals surface area contributed by atoms with Crippen LogP contribution in [0.3, 0.4) is 0 Å². The molecule has 0 bridgehead atoms. The molecule has 0 amide bonds. The summed E-state index contributed by atoms with van der Waals surface area (Å²) >= 11 is 0. The van der Waals surface area contributed by atoms with Crippen LogP contribution in [-0.4, -0.2) is 0 Å². The van der Waals surface area contributed by atoms with E-state index < -0.39 is 0 Å². The van der Waals surface area contributed by atoms with E-state index in [2.05, 4.69) is 158 Å². The molecule has 9 aromatic carbocycles. The first-order valence-corrected chi connectivity index (χ1v) is 17.1. The maximum Gasteiger partial charge on any atom is 0.143 e. The van der Waals surface area contributed by atoms with Gasteiger partial charge < -0.3 is 8.83 Å². The summed E-state index contributed by atoms with van der Waals surface area (Å²) in [5.74, 6) is 0. The number of para-hydroxylation sites is 1. The van der Waals surface area contributed by atoms with E-state index in [-0.39, 0.29) is 0 Å². The minimum Gasteiger partial charge on any atom is -0.456 e. The van der Waals surface area contributed by atoms with E-state index in [1.54, 1.807) is 0 Å². The molecule has 0 spiro atoms. The molecule has 2 aromatic heterocycles. The quantitative estimate of drug-likeness (QED) is 0.180. The zero-order valence-electron chi connectivity index (χ0n) is 27.0. The number of benzene rings is 9. The van der Waals surface area contributed by atoms with E-state index >= 15 is 0 Å². The Hall–Kier alpha value is -6.64. The first-order chi connectivity index (χ1) is 24.8. The van der Waals surface area contributed by atoms with Gasteiger partial charge in [-0.15, -0.1) is 0 Å². The van der Waals surface area contributed by atoms with Crippen LogP contribution in [0.25, 0.3) is 110 Å². The second kappa shape index (κ2) is 10.4. The molecule has 232 valence electrons. The molecule has 2 heteroatoms. The lowest BCUT2D eigenvalue weighted by Crippen LogP contribution is -1.92. The minimum absolute atomic E-state index is 0.876. The predicted octanol–water partition coefficient (Wildman–Crippen LogP) is 13.9. The van der Waals surface area contributed by atoms with Crippen molar-refractivity contribution in [2.24, 2.45) is 0 Å². The highest BCUT2D eigenvalue weighted by Gasteiger charge is 2.22. The van der Waals surface area contributed by atoms with Crippen molar-refractivity contribution in [2.45, 2.75) is 0 Å². The average molecular weight is 637 g/mol. The van der Waals surface area contributed by atoms with Crippen LogP contribution in [0.15, 0.2) is 179 Å². The largest absolute Gasteiger partial charge is 0.456 e. The monoisotopic (exact) mass is 636 g/mol. The van der Waals surface area contributed by atoms with Gasteiger partial charge in [-0.05, 0) is 96.7 Å². The second-order valence-corrected chi connectivity index (χ2v) is 13.2. The molecule has 0 saturated heterocycles. The number of furan rings is 2. The fourth-order valence-electron chi connectivity index (χ4n) is 8.24. The Morgan fingerprint density at radius 3 is 1.68 bits per heavy atom. The van der Waals surface area contributed by atoms with Crippen LogP contribution in [-0.2, 0) is 0 Å². The Morgan fingerprint density at radius 2 is 0.920 bits per heavy atom. The lowest BCUT2D eigenvalue weighted by molar-refractivity contribution is 0.669. The van der Waals surface area contributed by atoms with Crippen LogP contribution < -0.4 is 0 Å². The topological polar surface area (TPSA) is 26.3 Å². The van der Waals surface area contributed by atoms with Crippen molar-refractivity contribution in [3.63, 3.8) is 0 Å². The highest BCUT2D eigenvalue weighted by Crippen LogP contribution is 2.49. The molecule has 11 rings (SSSR count). The van der Waals surface area contributed by atoms with Gasteiger partial charge in [0.15, 0.2) is 0 Å².